The van der Waals surface area contributed by atoms with Crippen molar-refractivity contribution in [2.45, 2.75) is 6.54 Å². The quantitative estimate of drug-likeness (QED) is 0.851. The Morgan fingerprint density at radius 3 is 2.78 bits per heavy atom. The van der Waals surface area contributed by atoms with Crippen LogP contribution in [0.5, 0.6) is 0 Å². The van der Waals surface area contributed by atoms with Gasteiger partial charge in [0.05, 0.1) is 28.5 Å². The molecule has 0 saturated heterocycles. The molecule has 0 atom stereocenters. The van der Waals surface area contributed by atoms with Crippen molar-refractivity contribution in [2.75, 3.05) is 5.73 Å². The fourth-order valence-electron chi connectivity index (χ4n) is 1.42. The number of rotatable bonds is 3. The zero-order valence-electron chi connectivity index (χ0n) is 9.24. The van der Waals surface area contributed by atoms with Crippen molar-refractivity contribution < 1.29 is 9.21 Å². The molecule has 0 unspecified atom stereocenters. The first-order valence-corrected chi connectivity index (χ1v) is 5.88. The molecular formula is C12H10Cl2N2O2. The molecular weight excluding hydrogens is 275 g/mol. The van der Waals surface area contributed by atoms with Gasteiger partial charge in [0.15, 0.2) is 0 Å². The van der Waals surface area contributed by atoms with Gasteiger partial charge in [0.2, 0.25) is 0 Å². The van der Waals surface area contributed by atoms with Crippen LogP contribution in [0, 0.1) is 0 Å². The van der Waals surface area contributed by atoms with Crippen molar-refractivity contribution >= 4 is 34.8 Å². The molecule has 1 heterocycles. The largest absolute Gasteiger partial charge is 0.467 e. The van der Waals surface area contributed by atoms with Crippen molar-refractivity contribution in [3.05, 3.63) is 51.9 Å². The van der Waals surface area contributed by atoms with Crippen LogP contribution in [0.15, 0.2) is 34.9 Å². The van der Waals surface area contributed by atoms with Gasteiger partial charge in [-0.3, -0.25) is 4.79 Å². The molecule has 0 bridgehead atoms. The van der Waals surface area contributed by atoms with Crippen LogP contribution in [-0.2, 0) is 6.54 Å². The van der Waals surface area contributed by atoms with E-state index in [4.69, 9.17) is 33.4 Å². The number of amides is 1. The van der Waals surface area contributed by atoms with Gasteiger partial charge in [-0.2, -0.15) is 0 Å². The first-order valence-electron chi connectivity index (χ1n) is 5.13. The average molecular weight is 285 g/mol. The van der Waals surface area contributed by atoms with Crippen LogP contribution in [0.25, 0.3) is 0 Å². The van der Waals surface area contributed by atoms with Crippen molar-refractivity contribution in [1.82, 2.24) is 5.32 Å². The van der Waals surface area contributed by atoms with Gasteiger partial charge in [-0.15, -0.1) is 0 Å². The van der Waals surface area contributed by atoms with E-state index in [9.17, 15) is 4.79 Å². The molecule has 3 N–H and O–H groups in total. The normalized spacial score (nSPS) is 10.3. The second-order valence-electron chi connectivity index (χ2n) is 3.62. The van der Waals surface area contributed by atoms with Gasteiger partial charge in [0.1, 0.15) is 5.76 Å². The molecule has 1 aromatic carbocycles. The van der Waals surface area contributed by atoms with Crippen molar-refractivity contribution in [3.8, 4) is 0 Å². The smallest absolute Gasteiger partial charge is 0.251 e. The summed E-state index contributed by atoms with van der Waals surface area (Å²) in [6, 6.07) is 6.46. The standard InChI is InChI=1S/C12H10Cl2N2O2/c13-9-4-7(5-10(15)11(9)14)12(17)16-6-8-2-1-3-18-8/h1-5H,6,15H2,(H,16,17). The number of anilines is 1. The lowest BCUT2D eigenvalue weighted by Gasteiger charge is -2.06. The minimum Gasteiger partial charge on any atom is -0.467 e. The molecule has 2 aromatic rings. The Kier molecular flexibility index (Phi) is 3.79. The Morgan fingerprint density at radius 2 is 2.17 bits per heavy atom. The van der Waals surface area contributed by atoms with E-state index in [0.717, 1.165) is 0 Å². The zero-order valence-corrected chi connectivity index (χ0v) is 10.8. The maximum absolute atomic E-state index is 11.8. The second-order valence-corrected chi connectivity index (χ2v) is 4.41. The fourth-order valence-corrected chi connectivity index (χ4v) is 1.76. The highest BCUT2D eigenvalue weighted by Crippen LogP contribution is 2.29. The van der Waals surface area contributed by atoms with Gasteiger partial charge in [-0.25, -0.2) is 0 Å². The Morgan fingerprint density at radius 1 is 1.39 bits per heavy atom. The van der Waals surface area contributed by atoms with E-state index < -0.39 is 0 Å². The van der Waals surface area contributed by atoms with E-state index in [1.165, 1.54) is 12.1 Å². The molecule has 0 fully saturated rings. The van der Waals surface area contributed by atoms with Gasteiger partial charge in [0.25, 0.3) is 5.91 Å². The Bertz CT molecular complexity index is 544. The summed E-state index contributed by atoms with van der Waals surface area (Å²) in [6.07, 6.45) is 1.54. The number of nitrogens with one attached hydrogen (secondary N) is 1. The molecule has 0 saturated carbocycles. The van der Waals surface area contributed by atoms with E-state index in [0.29, 0.717) is 17.9 Å². The van der Waals surface area contributed by atoms with E-state index >= 15 is 0 Å². The predicted octanol–water partition coefficient (Wildman–Crippen LogP) is 3.10. The number of carbonyl (C=O) groups excluding carboxylic acids is 1. The summed E-state index contributed by atoms with van der Waals surface area (Å²) in [5.41, 5.74) is 6.26. The second kappa shape index (κ2) is 5.33. The number of nitrogen functional groups attached to an aromatic ring is 1. The minimum absolute atomic E-state index is 0.249. The number of hydrogen-bond donors (Lipinski definition) is 2. The third kappa shape index (κ3) is 2.78. The molecule has 1 aromatic heterocycles. The highest BCUT2D eigenvalue weighted by Gasteiger charge is 2.11. The maximum atomic E-state index is 11.8. The maximum Gasteiger partial charge on any atom is 0.251 e. The van der Waals surface area contributed by atoms with Crippen LogP contribution in [0.4, 0.5) is 5.69 Å². The number of carbonyl (C=O) groups is 1. The number of halogens is 2. The minimum atomic E-state index is -0.295. The number of benzene rings is 1. The fraction of sp³-hybridized carbons (Fsp3) is 0.0833. The van der Waals surface area contributed by atoms with Crippen LogP contribution in [0.3, 0.4) is 0 Å². The zero-order chi connectivity index (χ0) is 13.1. The predicted molar refractivity (Wildman–Crippen MR) is 70.8 cm³/mol. The summed E-state index contributed by atoms with van der Waals surface area (Å²) in [5.74, 6) is 0.369. The van der Waals surface area contributed by atoms with E-state index in [-0.39, 0.29) is 21.6 Å². The monoisotopic (exact) mass is 284 g/mol. The summed E-state index contributed by atoms with van der Waals surface area (Å²) >= 11 is 11.7. The Labute approximate surface area is 114 Å². The average Bonchev–Trinajstić information content (AvgIpc) is 2.85. The van der Waals surface area contributed by atoms with Gasteiger partial charge >= 0.3 is 0 Å². The van der Waals surface area contributed by atoms with Crippen molar-refractivity contribution in [2.24, 2.45) is 0 Å². The van der Waals surface area contributed by atoms with Crippen LogP contribution < -0.4 is 11.1 Å². The topological polar surface area (TPSA) is 68.3 Å². The lowest BCUT2D eigenvalue weighted by atomic mass is 10.2. The highest BCUT2D eigenvalue weighted by atomic mass is 35.5. The number of nitrogens with two attached hydrogens (primary N) is 1. The van der Waals surface area contributed by atoms with E-state index in [1.807, 2.05) is 0 Å². The third-order valence-electron chi connectivity index (χ3n) is 2.32. The van der Waals surface area contributed by atoms with Crippen molar-refractivity contribution in [3.63, 3.8) is 0 Å². The molecule has 94 valence electrons. The molecule has 0 radical (unpaired) electrons. The van der Waals surface area contributed by atoms with Gasteiger partial charge < -0.3 is 15.5 Å². The number of hydrogen-bond acceptors (Lipinski definition) is 3. The molecule has 0 aliphatic heterocycles. The van der Waals surface area contributed by atoms with Crippen LogP contribution in [0.1, 0.15) is 16.1 Å². The lowest BCUT2D eigenvalue weighted by molar-refractivity contribution is 0.0948. The van der Waals surface area contributed by atoms with Crippen LogP contribution >= 0.6 is 23.2 Å². The van der Waals surface area contributed by atoms with E-state index in [2.05, 4.69) is 5.32 Å². The number of furan rings is 1. The molecule has 2 rings (SSSR count). The summed E-state index contributed by atoms with van der Waals surface area (Å²) in [7, 11) is 0. The summed E-state index contributed by atoms with van der Waals surface area (Å²) in [6.45, 7) is 0.298. The Balaban J connectivity index is 2.09. The first-order chi connectivity index (χ1) is 8.58. The molecule has 1 amide bonds. The SMILES string of the molecule is Nc1cc(C(=O)NCc2ccco2)cc(Cl)c1Cl. The summed E-state index contributed by atoms with van der Waals surface area (Å²) < 4.78 is 5.10. The molecule has 0 spiro atoms. The highest BCUT2D eigenvalue weighted by molar-refractivity contribution is 6.43. The molecule has 0 aliphatic rings. The van der Waals surface area contributed by atoms with Gasteiger partial charge in [-0.05, 0) is 24.3 Å². The van der Waals surface area contributed by atoms with Crippen LogP contribution in [0.2, 0.25) is 10.0 Å². The lowest BCUT2D eigenvalue weighted by Crippen LogP contribution is -2.22. The molecule has 18 heavy (non-hydrogen) atoms. The van der Waals surface area contributed by atoms with Crippen LogP contribution in [-0.4, -0.2) is 5.91 Å². The van der Waals surface area contributed by atoms with Crippen molar-refractivity contribution in [1.29, 1.82) is 0 Å². The Hall–Kier alpha value is -1.65. The summed E-state index contributed by atoms with van der Waals surface area (Å²) in [4.78, 5) is 11.8. The van der Waals surface area contributed by atoms with E-state index in [1.54, 1.807) is 18.4 Å². The van der Waals surface area contributed by atoms with Gasteiger partial charge in [0, 0.05) is 5.56 Å². The third-order valence-corrected chi connectivity index (χ3v) is 3.14. The van der Waals surface area contributed by atoms with Gasteiger partial charge in [-0.1, -0.05) is 23.2 Å². The first kappa shape index (κ1) is 12.8. The molecule has 0 aliphatic carbocycles. The molecule has 6 heteroatoms. The molecule has 4 nitrogen and oxygen atoms in total. The summed E-state index contributed by atoms with van der Waals surface area (Å²) in [5, 5.41) is 3.18.